The van der Waals surface area contributed by atoms with Crippen LogP contribution in [0.2, 0.25) is 0 Å². The number of ketones is 1. The Labute approximate surface area is 191 Å². The van der Waals surface area contributed by atoms with Crippen molar-refractivity contribution in [1.29, 1.82) is 0 Å². The first-order valence-corrected chi connectivity index (χ1v) is 12.4. The summed E-state index contributed by atoms with van der Waals surface area (Å²) in [5.74, 6) is 0.729. The van der Waals surface area contributed by atoms with Crippen molar-refractivity contribution >= 4 is 23.3 Å². The number of hydrogen-bond donors (Lipinski definition) is 1. The summed E-state index contributed by atoms with van der Waals surface area (Å²) in [6.07, 6.45) is 7.61. The van der Waals surface area contributed by atoms with Crippen molar-refractivity contribution in [1.82, 2.24) is 10.2 Å². The van der Waals surface area contributed by atoms with Crippen molar-refractivity contribution in [2.75, 3.05) is 31.1 Å². The van der Waals surface area contributed by atoms with Crippen LogP contribution in [0.1, 0.15) is 69.2 Å². The Balaban J connectivity index is 1.35. The highest BCUT2D eigenvalue weighted by Crippen LogP contribution is 2.32. The molecule has 1 aromatic rings. The maximum atomic E-state index is 13.0. The molecule has 6 heteroatoms. The Morgan fingerprint density at radius 2 is 1.50 bits per heavy atom. The van der Waals surface area contributed by atoms with E-state index in [1.807, 2.05) is 43.0 Å². The second kappa shape index (κ2) is 10.1. The normalized spacial score (nSPS) is 20.8. The predicted octanol–water partition coefficient (Wildman–Crippen LogP) is 3.65. The molecule has 174 valence electrons. The van der Waals surface area contributed by atoms with E-state index in [1.165, 1.54) is 6.42 Å². The van der Waals surface area contributed by atoms with Crippen molar-refractivity contribution in [3.05, 3.63) is 29.8 Å². The van der Waals surface area contributed by atoms with E-state index in [4.69, 9.17) is 0 Å². The number of anilines is 1. The number of carbonyl (C=O) groups excluding carboxylic acids is 3. The van der Waals surface area contributed by atoms with Gasteiger partial charge in [0.05, 0.1) is 6.04 Å². The number of hydrogen-bond acceptors (Lipinski definition) is 4. The van der Waals surface area contributed by atoms with Gasteiger partial charge < -0.3 is 15.1 Å². The average Bonchev–Trinajstić information content (AvgIpc) is 3.68. The van der Waals surface area contributed by atoms with Gasteiger partial charge in [-0.05, 0) is 55.9 Å². The van der Waals surface area contributed by atoms with Crippen LogP contribution in [0.3, 0.4) is 0 Å². The minimum Gasteiger partial charge on any atom is -0.368 e. The van der Waals surface area contributed by atoms with Crippen LogP contribution >= 0.6 is 0 Å². The number of amides is 2. The van der Waals surface area contributed by atoms with E-state index in [2.05, 4.69) is 10.2 Å². The lowest BCUT2D eigenvalue weighted by molar-refractivity contribution is -0.132. The molecule has 1 aromatic carbocycles. The van der Waals surface area contributed by atoms with Crippen LogP contribution < -0.4 is 10.2 Å². The average molecular weight is 440 g/mol. The Bertz CT molecular complexity index is 817. The molecule has 1 saturated heterocycles. The summed E-state index contributed by atoms with van der Waals surface area (Å²) in [7, 11) is 0. The predicted molar refractivity (Wildman–Crippen MR) is 126 cm³/mol. The quantitative estimate of drug-likeness (QED) is 0.704. The fourth-order valence-electron chi connectivity index (χ4n) is 5.07. The highest BCUT2D eigenvalue weighted by Gasteiger charge is 2.35. The highest BCUT2D eigenvalue weighted by molar-refractivity contribution is 5.98. The molecule has 2 saturated carbocycles. The third-order valence-electron chi connectivity index (χ3n) is 7.30. The molecule has 32 heavy (non-hydrogen) atoms. The molecule has 0 spiro atoms. The van der Waals surface area contributed by atoms with Gasteiger partial charge in [0.25, 0.3) is 5.91 Å². The highest BCUT2D eigenvalue weighted by atomic mass is 16.2. The van der Waals surface area contributed by atoms with Crippen LogP contribution in [-0.4, -0.2) is 54.7 Å². The molecular formula is C26H37N3O3. The Morgan fingerprint density at radius 3 is 2.06 bits per heavy atom. The monoisotopic (exact) mass is 439 g/mol. The second-order valence-corrected chi connectivity index (χ2v) is 10.0. The number of Topliss-reactive ketones (excluding diaryl/α,β-unsaturated/α-hetero) is 1. The fourth-order valence-corrected chi connectivity index (χ4v) is 5.07. The van der Waals surface area contributed by atoms with Gasteiger partial charge in [0.2, 0.25) is 5.91 Å². The van der Waals surface area contributed by atoms with Crippen LogP contribution in [0.4, 0.5) is 5.69 Å². The van der Waals surface area contributed by atoms with Crippen molar-refractivity contribution in [3.8, 4) is 0 Å². The lowest BCUT2D eigenvalue weighted by Gasteiger charge is -2.36. The lowest BCUT2D eigenvalue weighted by atomic mass is 9.80. The molecule has 6 nitrogen and oxygen atoms in total. The van der Waals surface area contributed by atoms with Gasteiger partial charge in [0.15, 0.2) is 5.78 Å². The van der Waals surface area contributed by atoms with Crippen molar-refractivity contribution in [2.45, 2.75) is 64.8 Å². The van der Waals surface area contributed by atoms with E-state index in [-0.39, 0.29) is 35.5 Å². The smallest absolute Gasteiger partial charge is 0.251 e. The first kappa shape index (κ1) is 22.8. The van der Waals surface area contributed by atoms with E-state index >= 15 is 0 Å². The molecule has 3 aliphatic rings. The van der Waals surface area contributed by atoms with E-state index < -0.39 is 0 Å². The van der Waals surface area contributed by atoms with Crippen LogP contribution in [0.25, 0.3) is 0 Å². The van der Waals surface area contributed by atoms with Gasteiger partial charge in [-0.1, -0.05) is 33.1 Å². The maximum absolute atomic E-state index is 13.0. The molecule has 3 fully saturated rings. The molecule has 1 atom stereocenters. The maximum Gasteiger partial charge on any atom is 0.251 e. The van der Waals surface area contributed by atoms with Crippen molar-refractivity contribution < 1.29 is 14.4 Å². The zero-order valence-electron chi connectivity index (χ0n) is 19.5. The van der Waals surface area contributed by atoms with Gasteiger partial charge in [-0.25, -0.2) is 0 Å². The number of nitrogens with one attached hydrogen (secondary N) is 1. The number of nitrogens with zero attached hydrogens (tertiary/aromatic N) is 2. The molecule has 2 aliphatic carbocycles. The molecule has 1 N–H and O–H groups in total. The summed E-state index contributed by atoms with van der Waals surface area (Å²) < 4.78 is 0. The van der Waals surface area contributed by atoms with Gasteiger partial charge in [-0.3, -0.25) is 14.4 Å². The van der Waals surface area contributed by atoms with Crippen LogP contribution in [0.5, 0.6) is 0 Å². The van der Waals surface area contributed by atoms with Crippen LogP contribution in [0.15, 0.2) is 24.3 Å². The summed E-state index contributed by atoms with van der Waals surface area (Å²) in [6.45, 7) is 6.98. The lowest BCUT2D eigenvalue weighted by Crippen LogP contribution is -2.49. The number of benzene rings is 1. The van der Waals surface area contributed by atoms with Crippen molar-refractivity contribution in [2.24, 2.45) is 17.8 Å². The number of piperazine rings is 1. The summed E-state index contributed by atoms with van der Waals surface area (Å²) in [6, 6.07) is 7.27. The standard InChI is InChI=1S/C26H37N3O3/c1-18(2)24(30)23(19-6-4-3-5-7-19)27-25(31)20-10-12-22(13-11-20)28-14-16-29(17-15-28)26(32)21-8-9-21/h10-13,18-19,21,23H,3-9,14-17H2,1-2H3,(H,27,31)/t23-/m1/s1. The topological polar surface area (TPSA) is 69.7 Å². The summed E-state index contributed by atoms with van der Waals surface area (Å²) >= 11 is 0. The molecule has 4 rings (SSSR count). The number of rotatable bonds is 7. The number of carbonyl (C=O) groups is 3. The van der Waals surface area contributed by atoms with Gasteiger partial charge >= 0.3 is 0 Å². The molecule has 0 radical (unpaired) electrons. The fraction of sp³-hybridized carbons (Fsp3) is 0.654. The van der Waals surface area contributed by atoms with Crippen LogP contribution in [-0.2, 0) is 9.59 Å². The SMILES string of the molecule is CC(C)C(=O)[C@H](NC(=O)c1ccc(N2CCN(C(=O)C3CC3)CC2)cc1)C1CCCCC1. The van der Waals surface area contributed by atoms with Crippen LogP contribution in [0, 0.1) is 17.8 Å². The summed E-state index contributed by atoms with van der Waals surface area (Å²) in [5.41, 5.74) is 1.66. The minimum atomic E-state index is -0.389. The van der Waals surface area contributed by atoms with Gasteiger partial charge in [0.1, 0.15) is 0 Å². The summed E-state index contributed by atoms with van der Waals surface area (Å²) in [4.78, 5) is 42.3. The molecule has 0 aromatic heterocycles. The second-order valence-electron chi connectivity index (χ2n) is 10.0. The molecule has 1 aliphatic heterocycles. The Kier molecular flexibility index (Phi) is 7.17. The third kappa shape index (κ3) is 5.33. The molecular weight excluding hydrogens is 402 g/mol. The first-order valence-electron chi connectivity index (χ1n) is 12.4. The Hall–Kier alpha value is -2.37. The Morgan fingerprint density at radius 1 is 0.875 bits per heavy atom. The largest absolute Gasteiger partial charge is 0.368 e. The van der Waals surface area contributed by atoms with Gasteiger partial charge in [-0.15, -0.1) is 0 Å². The minimum absolute atomic E-state index is 0.0879. The molecule has 0 unspecified atom stereocenters. The molecule has 0 bridgehead atoms. The summed E-state index contributed by atoms with van der Waals surface area (Å²) in [5, 5.41) is 3.07. The van der Waals surface area contributed by atoms with E-state index in [1.54, 1.807) is 0 Å². The van der Waals surface area contributed by atoms with E-state index in [0.29, 0.717) is 11.5 Å². The van der Waals surface area contributed by atoms with Crippen molar-refractivity contribution in [3.63, 3.8) is 0 Å². The molecule has 1 heterocycles. The van der Waals surface area contributed by atoms with Gasteiger partial charge in [-0.2, -0.15) is 0 Å². The van der Waals surface area contributed by atoms with E-state index in [9.17, 15) is 14.4 Å². The third-order valence-corrected chi connectivity index (χ3v) is 7.30. The molecule has 2 amide bonds. The first-order chi connectivity index (χ1) is 15.4. The van der Waals surface area contributed by atoms with Gasteiger partial charge in [0, 0.05) is 49.3 Å². The zero-order valence-corrected chi connectivity index (χ0v) is 19.5. The van der Waals surface area contributed by atoms with E-state index in [0.717, 1.165) is 70.4 Å². The zero-order chi connectivity index (χ0) is 22.7.